The Labute approximate surface area is 142 Å². The Balaban J connectivity index is 1.78. The van der Waals surface area contributed by atoms with Gasteiger partial charge in [-0.15, -0.1) is 0 Å². The fourth-order valence-corrected chi connectivity index (χ4v) is 3.29. The predicted molar refractivity (Wildman–Crippen MR) is 90.7 cm³/mol. The summed E-state index contributed by atoms with van der Waals surface area (Å²) in [5, 5.41) is 6.76. The van der Waals surface area contributed by atoms with E-state index in [1.54, 1.807) is 19.3 Å². The predicted octanol–water partition coefficient (Wildman–Crippen LogP) is 2.32. The molecular weight excluding hydrogens is 306 g/mol. The van der Waals surface area contributed by atoms with Crippen molar-refractivity contribution in [1.29, 1.82) is 0 Å². The first kappa shape index (κ1) is 16.7. The van der Waals surface area contributed by atoms with Crippen LogP contribution in [0.4, 0.5) is 0 Å². The summed E-state index contributed by atoms with van der Waals surface area (Å²) in [6, 6.07) is 0.427. The Morgan fingerprint density at radius 3 is 2.88 bits per heavy atom. The number of hydrogen-bond donors (Lipinski definition) is 1. The minimum Gasteiger partial charge on any atom is -0.461 e. The molecule has 2 aromatic heterocycles. The summed E-state index contributed by atoms with van der Waals surface area (Å²) in [5.74, 6) is -0.387. The number of likely N-dealkylation sites (tertiary alicyclic amines) is 1. The van der Waals surface area contributed by atoms with Crippen LogP contribution in [0.15, 0.2) is 18.7 Å². The summed E-state index contributed by atoms with van der Waals surface area (Å²) in [4.78, 5) is 18.9. The van der Waals surface area contributed by atoms with Crippen LogP contribution < -0.4 is 0 Å². The Hall–Kier alpha value is -2.15. The molecule has 3 rings (SSSR count). The number of piperidine rings is 1. The van der Waals surface area contributed by atoms with Crippen LogP contribution in [0.1, 0.15) is 43.6 Å². The Bertz CT molecular complexity index is 672. The number of ether oxygens (including phenoxy) is 1. The summed E-state index contributed by atoms with van der Waals surface area (Å²) in [7, 11) is 0. The third-order valence-corrected chi connectivity index (χ3v) is 4.58. The van der Waals surface area contributed by atoms with Gasteiger partial charge in [-0.1, -0.05) is 6.42 Å². The van der Waals surface area contributed by atoms with Crippen molar-refractivity contribution in [3.8, 4) is 11.3 Å². The fourth-order valence-electron chi connectivity index (χ4n) is 3.29. The van der Waals surface area contributed by atoms with Crippen LogP contribution in [0, 0.1) is 0 Å². The first-order chi connectivity index (χ1) is 11.7. The highest BCUT2D eigenvalue weighted by Crippen LogP contribution is 2.23. The molecule has 1 aliphatic rings. The molecule has 1 fully saturated rings. The average molecular weight is 331 g/mol. The second kappa shape index (κ2) is 7.61. The Morgan fingerprint density at radius 1 is 1.33 bits per heavy atom. The number of aromatic nitrogens is 4. The lowest BCUT2D eigenvalue weighted by Crippen LogP contribution is -2.39. The number of rotatable bonds is 6. The first-order valence-electron chi connectivity index (χ1n) is 8.65. The summed E-state index contributed by atoms with van der Waals surface area (Å²) >= 11 is 0. The zero-order valence-corrected chi connectivity index (χ0v) is 14.4. The van der Waals surface area contributed by atoms with Gasteiger partial charge >= 0.3 is 5.97 Å². The number of nitrogens with zero attached hydrogens (tertiary/aromatic N) is 4. The number of nitrogens with one attached hydrogen (secondary N) is 1. The highest BCUT2D eigenvalue weighted by molar-refractivity contribution is 5.94. The third kappa shape index (κ3) is 3.51. The minimum absolute atomic E-state index is 0.336. The van der Waals surface area contributed by atoms with E-state index in [9.17, 15) is 4.79 Å². The van der Waals surface area contributed by atoms with E-state index in [1.165, 1.54) is 19.3 Å². The van der Waals surface area contributed by atoms with E-state index in [0.29, 0.717) is 18.3 Å². The van der Waals surface area contributed by atoms with Gasteiger partial charge in [0.05, 0.1) is 36.6 Å². The third-order valence-electron chi connectivity index (χ3n) is 4.58. The van der Waals surface area contributed by atoms with Crippen LogP contribution in [0.25, 0.3) is 11.3 Å². The molecule has 0 saturated carbocycles. The average Bonchev–Trinajstić information content (AvgIpc) is 3.24. The number of carbonyl (C=O) groups excluding carboxylic acids is 1. The van der Waals surface area contributed by atoms with Gasteiger partial charge in [0.1, 0.15) is 0 Å². The molecule has 24 heavy (non-hydrogen) atoms. The smallest absolute Gasteiger partial charge is 0.357 e. The van der Waals surface area contributed by atoms with Crippen molar-refractivity contribution in [2.75, 3.05) is 19.7 Å². The normalized spacial score (nSPS) is 16.9. The maximum absolute atomic E-state index is 12.1. The molecule has 0 bridgehead atoms. The maximum Gasteiger partial charge on any atom is 0.357 e. The molecule has 0 spiro atoms. The van der Waals surface area contributed by atoms with Gasteiger partial charge in [0.15, 0.2) is 5.69 Å². The van der Waals surface area contributed by atoms with Crippen LogP contribution in [-0.4, -0.2) is 56.4 Å². The van der Waals surface area contributed by atoms with E-state index in [-0.39, 0.29) is 5.97 Å². The van der Waals surface area contributed by atoms with E-state index in [2.05, 4.69) is 31.6 Å². The topological polar surface area (TPSA) is 76.0 Å². The first-order valence-corrected chi connectivity index (χ1v) is 8.65. The molecule has 0 aromatic carbocycles. The standard InChI is InChI=1S/C17H25N5O2/c1-3-24-17(23)16-14(9-19-20-16)15-10-18-12-22(15)11-13(2)21-7-5-4-6-8-21/h9-10,12-13H,3-8,11H2,1-2H3,(H,19,20)/t13-/m1/s1. The van der Waals surface area contributed by atoms with Crippen molar-refractivity contribution < 1.29 is 9.53 Å². The zero-order valence-electron chi connectivity index (χ0n) is 14.4. The Morgan fingerprint density at radius 2 is 2.12 bits per heavy atom. The molecule has 1 saturated heterocycles. The van der Waals surface area contributed by atoms with Crippen molar-refractivity contribution in [3.05, 3.63) is 24.4 Å². The maximum atomic E-state index is 12.1. The second-order valence-corrected chi connectivity index (χ2v) is 6.26. The quantitative estimate of drug-likeness (QED) is 0.822. The van der Waals surface area contributed by atoms with E-state index in [0.717, 1.165) is 30.9 Å². The number of carbonyl (C=O) groups is 1. The van der Waals surface area contributed by atoms with Gasteiger partial charge in [-0.25, -0.2) is 9.78 Å². The molecular formula is C17H25N5O2. The zero-order chi connectivity index (χ0) is 16.9. The molecule has 1 atom stereocenters. The summed E-state index contributed by atoms with van der Waals surface area (Å²) in [6.45, 7) is 7.52. The van der Waals surface area contributed by atoms with Crippen LogP contribution in [0.2, 0.25) is 0 Å². The van der Waals surface area contributed by atoms with Crippen LogP contribution >= 0.6 is 0 Å². The number of esters is 1. The van der Waals surface area contributed by atoms with Crippen LogP contribution in [0.3, 0.4) is 0 Å². The highest BCUT2D eigenvalue weighted by atomic mass is 16.5. The lowest BCUT2D eigenvalue weighted by atomic mass is 10.1. The second-order valence-electron chi connectivity index (χ2n) is 6.26. The van der Waals surface area contributed by atoms with Gasteiger partial charge in [-0.2, -0.15) is 5.10 Å². The highest BCUT2D eigenvalue weighted by Gasteiger charge is 2.21. The van der Waals surface area contributed by atoms with Crippen molar-refractivity contribution in [2.24, 2.45) is 0 Å². The number of aromatic amines is 1. The lowest BCUT2D eigenvalue weighted by molar-refractivity contribution is 0.0520. The van der Waals surface area contributed by atoms with Crippen molar-refractivity contribution in [3.63, 3.8) is 0 Å². The van der Waals surface area contributed by atoms with Crippen LogP contribution in [0.5, 0.6) is 0 Å². The number of H-pyrrole nitrogens is 1. The molecule has 0 amide bonds. The molecule has 1 aliphatic heterocycles. The number of imidazole rings is 1. The summed E-state index contributed by atoms with van der Waals surface area (Å²) in [6.07, 6.45) is 9.13. The Kier molecular flexibility index (Phi) is 5.30. The van der Waals surface area contributed by atoms with E-state index in [1.807, 2.05) is 6.33 Å². The fraction of sp³-hybridized carbons (Fsp3) is 0.588. The van der Waals surface area contributed by atoms with E-state index in [4.69, 9.17) is 4.74 Å². The van der Waals surface area contributed by atoms with Crippen molar-refractivity contribution in [1.82, 2.24) is 24.6 Å². The molecule has 3 heterocycles. The van der Waals surface area contributed by atoms with Gasteiger partial charge in [0, 0.05) is 12.6 Å². The van der Waals surface area contributed by atoms with Gasteiger partial charge < -0.3 is 9.30 Å². The summed E-state index contributed by atoms with van der Waals surface area (Å²) < 4.78 is 7.18. The van der Waals surface area contributed by atoms with Gasteiger partial charge in [-0.3, -0.25) is 10.00 Å². The SMILES string of the molecule is CCOC(=O)c1[nH]ncc1-c1cncn1C[C@@H](C)N1CCCCC1. The molecule has 0 unspecified atom stereocenters. The van der Waals surface area contributed by atoms with Crippen molar-refractivity contribution >= 4 is 5.97 Å². The van der Waals surface area contributed by atoms with Gasteiger partial charge in [0.2, 0.25) is 0 Å². The molecule has 1 N–H and O–H groups in total. The van der Waals surface area contributed by atoms with Gasteiger partial charge in [0.25, 0.3) is 0 Å². The van der Waals surface area contributed by atoms with Gasteiger partial charge in [-0.05, 0) is 39.8 Å². The van der Waals surface area contributed by atoms with Crippen molar-refractivity contribution in [2.45, 2.75) is 45.7 Å². The summed E-state index contributed by atoms with van der Waals surface area (Å²) in [5.41, 5.74) is 2.00. The molecule has 7 nitrogen and oxygen atoms in total. The van der Waals surface area contributed by atoms with E-state index < -0.39 is 0 Å². The lowest BCUT2D eigenvalue weighted by Gasteiger charge is -2.32. The van der Waals surface area contributed by atoms with E-state index >= 15 is 0 Å². The monoisotopic (exact) mass is 331 g/mol. The number of hydrogen-bond acceptors (Lipinski definition) is 5. The molecule has 0 radical (unpaired) electrons. The molecule has 7 heteroatoms. The molecule has 130 valence electrons. The largest absolute Gasteiger partial charge is 0.461 e. The molecule has 0 aliphatic carbocycles. The molecule has 2 aromatic rings. The van der Waals surface area contributed by atoms with Crippen LogP contribution in [-0.2, 0) is 11.3 Å². The minimum atomic E-state index is -0.387.